The van der Waals surface area contributed by atoms with Crippen molar-refractivity contribution in [3.63, 3.8) is 0 Å². The molecule has 3 N–H and O–H groups in total. The van der Waals surface area contributed by atoms with Crippen LogP contribution in [0.15, 0.2) is 47.6 Å². The first kappa shape index (κ1) is 20.2. The smallest absolute Gasteiger partial charge is 0.337 e. The summed E-state index contributed by atoms with van der Waals surface area (Å²) in [7, 11) is 1.38. The molecule has 148 valence electrons. The molecule has 1 fully saturated rings. The second-order valence-corrected chi connectivity index (χ2v) is 7.56. The summed E-state index contributed by atoms with van der Waals surface area (Å²) in [4.78, 5) is 20.4. The van der Waals surface area contributed by atoms with Crippen LogP contribution in [0.3, 0.4) is 0 Å². The molecule has 1 aromatic heterocycles. The number of carbonyl (C=O) groups excluding carboxylic acids is 1. The Kier molecular flexibility index (Phi) is 6.89. The molecule has 1 aromatic carbocycles. The number of hydrogen-bond acceptors (Lipinski definition) is 6. The van der Waals surface area contributed by atoms with Gasteiger partial charge in [0, 0.05) is 44.7 Å². The van der Waals surface area contributed by atoms with Crippen molar-refractivity contribution < 1.29 is 9.53 Å². The van der Waals surface area contributed by atoms with Crippen LogP contribution < -0.4 is 5.73 Å². The van der Waals surface area contributed by atoms with Crippen LogP contribution in [-0.2, 0) is 17.0 Å². The van der Waals surface area contributed by atoms with Gasteiger partial charge in [-0.2, -0.15) is 0 Å². The maximum absolute atomic E-state index is 11.5. The number of pyridine rings is 1. The molecule has 2 aromatic rings. The number of benzene rings is 1. The van der Waals surface area contributed by atoms with Crippen molar-refractivity contribution in [3.05, 3.63) is 59.3 Å². The van der Waals surface area contributed by atoms with Gasteiger partial charge in [-0.25, -0.2) is 9.78 Å². The standard InChI is InChI=1S/C20H25N5O2S/c1-27-19(26)16-6-4-15(5-7-16)14-28-18-17(3-2-8-23-18)13-24-9-11-25(12-10-24)20(21)22/h2-8H,9-14H2,1H3,(H3,21,22). The van der Waals surface area contributed by atoms with E-state index in [2.05, 4.69) is 16.0 Å². The number of nitrogens with two attached hydrogens (primary N) is 1. The number of hydrogen-bond donors (Lipinski definition) is 2. The van der Waals surface area contributed by atoms with E-state index in [-0.39, 0.29) is 11.9 Å². The van der Waals surface area contributed by atoms with Gasteiger partial charge < -0.3 is 15.4 Å². The Morgan fingerprint density at radius 1 is 1.21 bits per heavy atom. The molecule has 0 unspecified atom stereocenters. The molecule has 28 heavy (non-hydrogen) atoms. The summed E-state index contributed by atoms with van der Waals surface area (Å²) in [6.07, 6.45) is 1.82. The molecule has 0 aliphatic carbocycles. The molecule has 1 saturated heterocycles. The van der Waals surface area contributed by atoms with E-state index >= 15 is 0 Å². The number of esters is 1. The van der Waals surface area contributed by atoms with Gasteiger partial charge in [0.25, 0.3) is 0 Å². The Balaban J connectivity index is 1.58. The fraction of sp³-hybridized carbons (Fsp3) is 0.350. The number of rotatable bonds is 6. The predicted octanol–water partition coefficient (Wildman–Crippen LogP) is 2.17. The average molecular weight is 400 g/mol. The lowest BCUT2D eigenvalue weighted by atomic mass is 10.1. The number of thioether (sulfide) groups is 1. The SMILES string of the molecule is COC(=O)c1ccc(CSc2ncccc2CN2CCN(C(=N)N)CC2)cc1. The van der Waals surface area contributed by atoms with Gasteiger partial charge in [-0.05, 0) is 29.3 Å². The molecule has 0 atom stereocenters. The summed E-state index contributed by atoms with van der Waals surface area (Å²) < 4.78 is 4.73. The molecule has 8 heteroatoms. The van der Waals surface area contributed by atoms with Crippen LogP contribution in [0.5, 0.6) is 0 Å². The summed E-state index contributed by atoms with van der Waals surface area (Å²) in [6.45, 7) is 4.17. The van der Waals surface area contributed by atoms with Crippen LogP contribution >= 0.6 is 11.8 Å². The highest BCUT2D eigenvalue weighted by molar-refractivity contribution is 7.98. The van der Waals surface area contributed by atoms with Crippen molar-refractivity contribution in [1.82, 2.24) is 14.8 Å². The molecule has 3 rings (SSSR count). The molecule has 1 aliphatic heterocycles. The summed E-state index contributed by atoms with van der Waals surface area (Å²) in [5.41, 5.74) is 8.46. The summed E-state index contributed by atoms with van der Waals surface area (Å²) in [6, 6.07) is 11.6. The molecule has 2 heterocycles. The van der Waals surface area contributed by atoms with E-state index in [4.69, 9.17) is 15.9 Å². The number of guanidine groups is 1. The minimum absolute atomic E-state index is 0.149. The van der Waals surface area contributed by atoms with Crippen LogP contribution in [0.25, 0.3) is 0 Å². The van der Waals surface area contributed by atoms with E-state index in [1.807, 2.05) is 29.3 Å². The van der Waals surface area contributed by atoms with Gasteiger partial charge in [-0.3, -0.25) is 10.3 Å². The summed E-state index contributed by atoms with van der Waals surface area (Å²) >= 11 is 1.70. The van der Waals surface area contributed by atoms with Gasteiger partial charge in [0.2, 0.25) is 0 Å². The first-order valence-corrected chi connectivity index (χ1v) is 10.1. The summed E-state index contributed by atoms with van der Waals surface area (Å²) in [5.74, 6) is 0.607. The summed E-state index contributed by atoms with van der Waals surface area (Å²) in [5, 5.41) is 8.56. The molecular formula is C20H25N5O2S. The van der Waals surface area contributed by atoms with Crippen LogP contribution in [0, 0.1) is 5.41 Å². The second-order valence-electron chi connectivity index (χ2n) is 6.59. The third kappa shape index (κ3) is 5.24. The van der Waals surface area contributed by atoms with Crippen molar-refractivity contribution >= 4 is 23.7 Å². The normalized spacial score (nSPS) is 14.7. The van der Waals surface area contributed by atoms with E-state index in [9.17, 15) is 4.79 Å². The zero-order valence-electron chi connectivity index (χ0n) is 15.9. The van der Waals surface area contributed by atoms with E-state index in [0.29, 0.717) is 5.56 Å². The fourth-order valence-corrected chi connectivity index (χ4v) is 4.02. The number of piperazine rings is 1. The van der Waals surface area contributed by atoms with E-state index < -0.39 is 0 Å². The van der Waals surface area contributed by atoms with Crippen molar-refractivity contribution in [1.29, 1.82) is 5.41 Å². The highest BCUT2D eigenvalue weighted by Gasteiger charge is 2.19. The van der Waals surface area contributed by atoms with Gasteiger partial charge in [0.1, 0.15) is 5.03 Å². The Labute approximate surface area is 169 Å². The van der Waals surface area contributed by atoms with Crippen molar-refractivity contribution in [2.75, 3.05) is 33.3 Å². The molecule has 1 aliphatic rings. The molecule has 7 nitrogen and oxygen atoms in total. The largest absolute Gasteiger partial charge is 0.465 e. The fourth-order valence-electron chi connectivity index (χ4n) is 3.07. The number of aromatic nitrogens is 1. The lowest BCUT2D eigenvalue weighted by molar-refractivity contribution is 0.0600. The van der Waals surface area contributed by atoms with E-state index in [1.54, 1.807) is 23.9 Å². The molecular weight excluding hydrogens is 374 g/mol. The Morgan fingerprint density at radius 2 is 1.93 bits per heavy atom. The maximum atomic E-state index is 11.5. The maximum Gasteiger partial charge on any atom is 0.337 e. The van der Waals surface area contributed by atoms with Crippen LogP contribution in [-0.4, -0.2) is 60.0 Å². The van der Waals surface area contributed by atoms with Crippen LogP contribution in [0.1, 0.15) is 21.5 Å². The highest BCUT2D eigenvalue weighted by Crippen LogP contribution is 2.25. The molecule has 0 amide bonds. The monoisotopic (exact) mass is 399 g/mol. The Hall–Kier alpha value is -2.58. The second kappa shape index (κ2) is 9.57. The number of nitrogens with one attached hydrogen (secondary N) is 1. The first-order valence-electron chi connectivity index (χ1n) is 9.12. The van der Waals surface area contributed by atoms with Gasteiger partial charge in [-0.1, -0.05) is 18.2 Å². The molecule has 0 radical (unpaired) electrons. The predicted molar refractivity (Wildman–Crippen MR) is 110 cm³/mol. The third-order valence-electron chi connectivity index (χ3n) is 4.71. The number of nitrogens with zero attached hydrogens (tertiary/aromatic N) is 3. The molecule has 0 spiro atoms. The molecule has 0 bridgehead atoms. The van der Waals surface area contributed by atoms with Crippen molar-refractivity contribution in [2.45, 2.75) is 17.3 Å². The van der Waals surface area contributed by atoms with E-state index in [0.717, 1.165) is 49.1 Å². The lowest BCUT2D eigenvalue weighted by Gasteiger charge is -2.35. The van der Waals surface area contributed by atoms with Gasteiger partial charge >= 0.3 is 5.97 Å². The van der Waals surface area contributed by atoms with Crippen molar-refractivity contribution in [2.24, 2.45) is 5.73 Å². The Bertz CT molecular complexity index is 820. The van der Waals surface area contributed by atoms with Gasteiger partial charge in [0.15, 0.2) is 5.96 Å². The number of carbonyl (C=O) groups is 1. The minimum atomic E-state index is -0.323. The Morgan fingerprint density at radius 3 is 2.57 bits per heavy atom. The van der Waals surface area contributed by atoms with E-state index in [1.165, 1.54) is 12.7 Å². The third-order valence-corrected chi connectivity index (χ3v) is 5.83. The van der Waals surface area contributed by atoms with Crippen molar-refractivity contribution in [3.8, 4) is 0 Å². The topological polar surface area (TPSA) is 95.5 Å². The zero-order valence-corrected chi connectivity index (χ0v) is 16.7. The highest BCUT2D eigenvalue weighted by atomic mass is 32.2. The average Bonchev–Trinajstić information content (AvgIpc) is 2.73. The van der Waals surface area contributed by atoms with Crippen LogP contribution in [0.4, 0.5) is 0 Å². The molecule has 0 saturated carbocycles. The van der Waals surface area contributed by atoms with Crippen LogP contribution in [0.2, 0.25) is 0 Å². The zero-order chi connectivity index (χ0) is 19.9. The lowest BCUT2D eigenvalue weighted by Crippen LogP contribution is -2.50. The first-order chi connectivity index (χ1) is 13.6. The van der Waals surface area contributed by atoms with Gasteiger partial charge in [-0.15, -0.1) is 11.8 Å². The number of ether oxygens (including phenoxy) is 1. The van der Waals surface area contributed by atoms with Gasteiger partial charge in [0.05, 0.1) is 12.7 Å². The minimum Gasteiger partial charge on any atom is -0.465 e. The number of methoxy groups -OCH3 is 1. The quantitative estimate of drug-likeness (QED) is 0.333.